The normalized spacial score (nSPS) is 15.0. The van der Waals surface area contributed by atoms with Gasteiger partial charge in [-0.15, -0.1) is 0 Å². The number of pyridine rings is 1. The molecule has 3 aromatic rings. The molecule has 4 rings (SSSR count). The van der Waals surface area contributed by atoms with Gasteiger partial charge in [-0.25, -0.2) is 13.6 Å². The molecule has 1 fully saturated rings. The van der Waals surface area contributed by atoms with Crippen molar-refractivity contribution in [1.82, 2.24) is 15.6 Å². The first-order valence-corrected chi connectivity index (χ1v) is 10.8. The van der Waals surface area contributed by atoms with Gasteiger partial charge in [-0.2, -0.15) is 0 Å². The third-order valence-corrected chi connectivity index (χ3v) is 5.40. The van der Waals surface area contributed by atoms with Gasteiger partial charge in [0, 0.05) is 18.7 Å². The molecule has 1 aromatic heterocycles. The quantitative estimate of drug-likeness (QED) is 0.540. The standard InChI is InChI=1S/C25H22F2N4O4/c1-15(32)29-13-19-14-31(25(34)35-19)18-6-8-20(23(27)11-18)16-5-7-21(22(26)10-16)24(33)30-12-17-4-2-3-9-28-17/h2-11,19H,12-14H2,1H3,(H,29,32)(H,30,33)/t19-/m0/s1. The van der Waals surface area contributed by atoms with Gasteiger partial charge < -0.3 is 15.4 Å². The maximum absolute atomic E-state index is 14.9. The van der Waals surface area contributed by atoms with E-state index in [1.165, 1.54) is 36.1 Å². The first-order chi connectivity index (χ1) is 16.8. The summed E-state index contributed by atoms with van der Waals surface area (Å²) < 4.78 is 34.8. The van der Waals surface area contributed by atoms with Crippen LogP contribution in [0, 0.1) is 11.6 Å². The van der Waals surface area contributed by atoms with E-state index >= 15 is 0 Å². The van der Waals surface area contributed by atoms with E-state index in [2.05, 4.69) is 15.6 Å². The van der Waals surface area contributed by atoms with Crippen LogP contribution in [-0.2, 0) is 16.1 Å². The molecule has 1 saturated heterocycles. The molecular weight excluding hydrogens is 458 g/mol. The van der Waals surface area contributed by atoms with E-state index in [-0.39, 0.29) is 47.9 Å². The molecule has 3 amide bonds. The van der Waals surface area contributed by atoms with E-state index in [1.807, 2.05) is 0 Å². The molecular formula is C25H22F2N4O4. The minimum absolute atomic E-state index is 0.107. The van der Waals surface area contributed by atoms with E-state index in [4.69, 9.17) is 4.74 Å². The van der Waals surface area contributed by atoms with Crippen LogP contribution in [0.2, 0.25) is 0 Å². The van der Waals surface area contributed by atoms with Crippen LogP contribution < -0.4 is 15.5 Å². The van der Waals surface area contributed by atoms with Gasteiger partial charge in [-0.3, -0.25) is 19.5 Å². The third-order valence-electron chi connectivity index (χ3n) is 5.40. The van der Waals surface area contributed by atoms with Crippen molar-refractivity contribution in [2.75, 3.05) is 18.0 Å². The fourth-order valence-corrected chi connectivity index (χ4v) is 3.64. The van der Waals surface area contributed by atoms with Crippen molar-refractivity contribution in [2.24, 2.45) is 0 Å². The van der Waals surface area contributed by atoms with Gasteiger partial charge in [-0.1, -0.05) is 12.1 Å². The number of ether oxygens (including phenoxy) is 1. The monoisotopic (exact) mass is 480 g/mol. The molecule has 0 radical (unpaired) electrons. The lowest BCUT2D eigenvalue weighted by atomic mass is 10.0. The van der Waals surface area contributed by atoms with Crippen molar-refractivity contribution in [3.63, 3.8) is 0 Å². The summed E-state index contributed by atoms with van der Waals surface area (Å²) >= 11 is 0. The van der Waals surface area contributed by atoms with Crippen molar-refractivity contribution in [2.45, 2.75) is 19.6 Å². The number of carbonyl (C=O) groups excluding carboxylic acids is 3. The SMILES string of the molecule is CC(=O)NC[C@H]1CN(c2ccc(-c3ccc(C(=O)NCc4ccccn4)c(F)c3)c(F)c2)C(=O)O1. The number of nitrogens with zero attached hydrogens (tertiary/aromatic N) is 2. The number of carbonyl (C=O) groups is 3. The molecule has 0 unspecified atom stereocenters. The summed E-state index contributed by atoms with van der Waals surface area (Å²) in [6.07, 6.45) is 0.382. The van der Waals surface area contributed by atoms with E-state index in [0.717, 1.165) is 12.1 Å². The van der Waals surface area contributed by atoms with Crippen molar-refractivity contribution in [3.8, 4) is 11.1 Å². The number of hydrogen-bond donors (Lipinski definition) is 2. The van der Waals surface area contributed by atoms with Crippen LogP contribution in [0.15, 0.2) is 60.8 Å². The zero-order valence-electron chi connectivity index (χ0n) is 18.8. The fraction of sp³-hybridized carbons (Fsp3) is 0.200. The molecule has 2 N–H and O–H groups in total. The Morgan fingerprint density at radius 2 is 1.91 bits per heavy atom. The molecule has 0 bridgehead atoms. The summed E-state index contributed by atoms with van der Waals surface area (Å²) in [6, 6.07) is 13.2. The maximum Gasteiger partial charge on any atom is 0.414 e. The number of hydrogen-bond acceptors (Lipinski definition) is 5. The summed E-state index contributed by atoms with van der Waals surface area (Å²) in [6.45, 7) is 1.79. The smallest absolute Gasteiger partial charge is 0.414 e. The van der Waals surface area contributed by atoms with Crippen molar-refractivity contribution >= 4 is 23.6 Å². The van der Waals surface area contributed by atoms with Gasteiger partial charge in [0.25, 0.3) is 5.91 Å². The van der Waals surface area contributed by atoms with Gasteiger partial charge in [-0.05, 0) is 48.0 Å². The second-order valence-electron chi connectivity index (χ2n) is 7.92. The molecule has 0 spiro atoms. The number of cyclic esters (lactones) is 1. The Labute approximate surface area is 199 Å². The Hall–Kier alpha value is -4.34. The van der Waals surface area contributed by atoms with E-state index in [9.17, 15) is 23.2 Å². The Morgan fingerprint density at radius 3 is 2.60 bits per heavy atom. The van der Waals surface area contributed by atoms with Crippen LogP contribution in [0.25, 0.3) is 11.1 Å². The number of rotatable bonds is 7. The predicted octanol–water partition coefficient (Wildman–Crippen LogP) is 3.42. The van der Waals surface area contributed by atoms with Crippen LogP contribution in [0.5, 0.6) is 0 Å². The van der Waals surface area contributed by atoms with Gasteiger partial charge in [0.05, 0.1) is 36.6 Å². The number of nitrogens with one attached hydrogen (secondary N) is 2. The number of amides is 3. The molecule has 1 aliphatic rings. The highest BCUT2D eigenvalue weighted by molar-refractivity contribution is 5.95. The van der Waals surface area contributed by atoms with Crippen LogP contribution in [-0.4, -0.2) is 42.1 Å². The summed E-state index contributed by atoms with van der Waals surface area (Å²) in [5.74, 6) is -2.34. The number of benzene rings is 2. The number of aromatic nitrogens is 1. The topological polar surface area (TPSA) is 101 Å². The van der Waals surface area contributed by atoms with E-state index in [0.29, 0.717) is 5.69 Å². The summed E-state index contributed by atoms with van der Waals surface area (Å²) in [7, 11) is 0. The minimum Gasteiger partial charge on any atom is -0.442 e. The predicted molar refractivity (Wildman–Crippen MR) is 123 cm³/mol. The lowest BCUT2D eigenvalue weighted by Crippen LogP contribution is -2.33. The highest BCUT2D eigenvalue weighted by Crippen LogP contribution is 2.30. The molecule has 10 heteroatoms. The molecule has 180 valence electrons. The lowest BCUT2D eigenvalue weighted by Gasteiger charge is -2.15. The Bertz CT molecular complexity index is 1270. The highest BCUT2D eigenvalue weighted by atomic mass is 19.1. The first kappa shape index (κ1) is 23.8. The van der Waals surface area contributed by atoms with Crippen LogP contribution in [0.3, 0.4) is 0 Å². The maximum atomic E-state index is 14.9. The molecule has 0 saturated carbocycles. The fourth-order valence-electron chi connectivity index (χ4n) is 3.64. The second-order valence-corrected chi connectivity index (χ2v) is 7.92. The molecule has 2 aromatic carbocycles. The first-order valence-electron chi connectivity index (χ1n) is 10.8. The van der Waals surface area contributed by atoms with Gasteiger partial charge in [0.1, 0.15) is 17.7 Å². The molecule has 1 atom stereocenters. The van der Waals surface area contributed by atoms with Crippen LogP contribution in [0.1, 0.15) is 23.0 Å². The summed E-state index contributed by atoms with van der Waals surface area (Å²) in [4.78, 5) is 40.9. The molecule has 2 heterocycles. The molecule has 8 nitrogen and oxygen atoms in total. The average Bonchev–Trinajstić information content (AvgIpc) is 3.22. The largest absolute Gasteiger partial charge is 0.442 e. The van der Waals surface area contributed by atoms with E-state index < -0.39 is 29.7 Å². The number of halogens is 2. The Balaban J connectivity index is 1.45. The average molecular weight is 480 g/mol. The zero-order valence-corrected chi connectivity index (χ0v) is 18.8. The Kier molecular flexibility index (Phi) is 7.00. The van der Waals surface area contributed by atoms with Crippen molar-refractivity contribution in [3.05, 3.63) is 83.7 Å². The van der Waals surface area contributed by atoms with E-state index in [1.54, 1.807) is 24.4 Å². The van der Waals surface area contributed by atoms with Gasteiger partial charge >= 0.3 is 6.09 Å². The molecule has 35 heavy (non-hydrogen) atoms. The van der Waals surface area contributed by atoms with Crippen LogP contribution >= 0.6 is 0 Å². The third kappa shape index (κ3) is 5.60. The van der Waals surface area contributed by atoms with Crippen molar-refractivity contribution < 1.29 is 27.9 Å². The second kappa shape index (κ2) is 10.3. The van der Waals surface area contributed by atoms with Crippen molar-refractivity contribution in [1.29, 1.82) is 0 Å². The summed E-state index contributed by atoms with van der Waals surface area (Å²) in [5, 5.41) is 5.17. The minimum atomic E-state index is -0.798. The van der Waals surface area contributed by atoms with Gasteiger partial charge in [0.15, 0.2) is 0 Å². The van der Waals surface area contributed by atoms with Crippen LogP contribution in [0.4, 0.5) is 19.3 Å². The van der Waals surface area contributed by atoms with Gasteiger partial charge in [0.2, 0.25) is 5.91 Å². The highest BCUT2D eigenvalue weighted by Gasteiger charge is 2.32. The molecule has 1 aliphatic heterocycles. The Morgan fingerprint density at radius 1 is 1.09 bits per heavy atom. The lowest BCUT2D eigenvalue weighted by molar-refractivity contribution is -0.119. The zero-order chi connectivity index (χ0) is 24.9. The molecule has 0 aliphatic carbocycles. The number of anilines is 1. The summed E-state index contributed by atoms with van der Waals surface area (Å²) in [5.41, 5.74) is 1.07.